The fourth-order valence-corrected chi connectivity index (χ4v) is 4.91. The Morgan fingerprint density at radius 3 is 2.75 bits per heavy atom. The first kappa shape index (κ1) is 16.1. The predicted molar refractivity (Wildman–Crippen MR) is 100 cm³/mol. The number of thiophene rings is 2. The van der Waals surface area contributed by atoms with Crippen molar-refractivity contribution in [3.8, 4) is 10.7 Å². The summed E-state index contributed by atoms with van der Waals surface area (Å²) in [6.07, 6.45) is 3.89. The van der Waals surface area contributed by atoms with Gasteiger partial charge in [-0.1, -0.05) is 23.9 Å². The highest BCUT2D eigenvalue weighted by Gasteiger charge is 2.30. The topological polar surface area (TPSA) is 47.8 Å². The summed E-state index contributed by atoms with van der Waals surface area (Å²) in [5.41, 5.74) is 0. The maximum Gasteiger partial charge on any atom is 0.191 e. The van der Waals surface area contributed by atoms with E-state index in [2.05, 4.69) is 32.3 Å². The standard InChI is InChI=1S/C17H17N3OS3/c21-13(14-5-2-9-22-14)4-1-11-24-17-19-18-16(15-6-3-10-23-15)20(17)12-7-8-12/h2-3,5-6,9-10,12H,1,4,7-8,11H2. The van der Waals surface area contributed by atoms with Gasteiger partial charge in [0, 0.05) is 18.2 Å². The minimum Gasteiger partial charge on any atom is -0.298 e. The van der Waals surface area contributed by atoms with E-state index in [1.54, 1.807) is 23.1 Å². The number of nitrogens with zero attached hydrogens (tertiary/aromatic N) is 3. The van der Waals surface area contributed by atoms with Gasteiger partial charge in [-0.3, -0.25) is 9.36 Å². The van der Waals surface area contributed by atoms with E-state index in [0.717, 1.165) is 28.0 Å². The zero-order valence-corrected chi connectivity index (χ0v) is 15.5. The molecule has 0 spiro atoms. The Kier molecular flexibility index (Phi) is 4.82. The first-order valence-electron chi connectivity index (χ1n) is 8.01. The van der Waals surface area contributed by atoms with Crippen LogP contribution < -0.4 is 0 Å². The van der Waals surface area contributed by atoms with Crippen molar-refractivity contribution in [2.75, 3.05) is 5.75 Å². The first-order valence-corrected chi connectivity index (χ1v) is 10.8. The second-order valence-electron chi connectivity index (χ2n) is 5.74. The predicted octanol–water partition coefficient (Wildman–Crippen LogP) is 5.16. The molecular formula is C17H17N3OS3. The second kappa shape index (κ2) is 7.21. The van der Waals surface area contributed by atoms with Crippen LogP contribution in [0, 0.1) is 0 Å². The molecule has 124 valence electrons. The van der Waals surface area contributed by atoms with E-state index >= 15 is 0 Å². The van der Waals surface area contributed by atoms with Gasteiger partial charge in [0.1, 0.15) is 0 Å². The average Bonchev–Trinajstić information content (AvgIpc) is 3.06. The summed E-state index contributed by atoms with van der Waals surface area (Å²) < 4.78 is 2.29. The summed E-state index contributed by atoms with van der Waals surface area (Å²) in [7, 11) is 0. The molecule has 0 radical (unpaired) electrons. The molecule has 0 aromatic carbocycles. The van der Waals surface area contributed by atoms with E-state index < -0.39 is 0 Å². The van der Waals surface area contributed by atoms with Crippen LogP contribution in [0.1, 0.15) is 41.4 Å². The van der Waals surface area contributed by atoms with E-state index in [1.807, 2.05) is 17.5 Å². The maximum atomic E-state index is 12.0. The molecule has 1 aliphatic rings. The lowest BCUT2D eigenvalue weighted by Gasteiger charge is -2.07. The van der Waals surface area contributed by atoms with Gasteiger partial charge < -0.3 is 0 Å². The van der Waals surface area contributed by atoms with Crippen LogP contribution in [0.5, 0.6) is 0 Å². The first-order chi connectivity index (χ1) is 11.8. The minimum absolute atomic E-state index is 0.244. The van der Waals surface area contributed by atoms with Crippen molar-refractivity contribution in [1.29, 1.82) is 0 Å². The third-order valence-electron chi connectivity index (χ3n) is 3.89. The molecule has 0 N–H and O–H groups in total. The largest absolute Gasteiger partial charge is 0.298 e. The van der Waals surface area contributed by atoms with Gasteiger partial charge in [-0.15, -0.1) is 32.9 Å². The Hall–Kier alpha value is -1.44. The van der Waals surface area contributed by atoms with Gasteiger partial charge in [-0.25, -0.2) is 0 Å². The Bertz CT molecular complexity index is 804. The van der Waals surface area contributed by atoms with E-state index in [1.165, 1.54) is 29.1 Å². The van der Waals surface area contributed by atoms with Crippen molar-refractivity contribution in [2.24, 2.45) is 0 Å². The quantitative estimate of drug-likeness (QED) is 0.310. The molecular weight excluding hydrogens is 358 g/mol. The lowest BCUT2D eigenvalue weighted by Crippen LogP contribution is -2.00. The molecule has 3 aromatic heterocycles. The summed E-state index contributed by atoms with van der Waals surface area (Å²) in [5, 5.41) is 13.8. The summed E-state index contributed by atoms with van der Waals surface area (Å²) in [6, 6.07) is 8.53. The average molecular weight is 376 g/mol. The number of Topliss-reactive ketones (excluding diaryl/α,β-unsaturated/α-hetero) is 1. The monoisotopic (exact) mass is 375 g/mol. The molecule has 0 atom stereocenters. The third-order valence-corrected chi connectivity index (χ3v) is 6.70. The van der Waals surface area contributed by atoms with Crippen molar-refractivity contribution in [3.05, 3.63) is 39.9 Å². The molecule has 0 unspecified atom stereocenters. The molecule has 1 aliphatic carbocycles. The van der Waals surface area contributed by atoms with E-state index in [4.69, 9.17) is 0 Å². The summed E-state index contributed by atoms with van der Waals surface area (Å²) in [4.78, 5) is 14.1. The molecule has 1 fully saturated rings. The molecule has 7 heteroatoms. The van der Waals surface area contributed by atoms with E-state index in [9.17, 15) is 4.79 Å². The number of carbonyl (C=O) groups excluding carboxylic acids is 1. The van der Waals surface area contributed by atoms with Gasteiger partial charge in [-0.2, -0.15) is 0 Å². The number of carbonyl (C=O) groups is 1. The molecule has 0 saturated heterocycles. The maximum absolute atomic E-state index is 12.0. The molecule has 24 heavy (non-hydrogen) atoms. The van der Waals surface area contributed by atoms with Crippen molar-refractivity contribution >= 4 is 40.2 Å². The number of rotatable bonds is 8. The lowest BCUT2D eigenvalue weighted by atomic mass is 10.2. The SMILES string of the molecule is O=C(CCCSc1nnc(-c2cccs2)n1C1CC1)c1cccs1. The molecule has 3 aromatic rings. The zero-order valence-electron chi connectivity index (χ0n) is 13.1. The molecule has 4 rings (SSSR count). The smallest absolute Gasteiger partial charge is 0.191 e. The number of thioether (sulfide) groups is 1. The summed E-state index contributed by atoms with van der Waals surface area (Å²) in [5.74, 6) is 2.13. The van der Waals surface area contributed by atoms with Crippen molar-refractivity contribution in [2.45, 2.75) is 36.9 Å². The summed E-state index contributed by atoms with van der Waals surface area (Å²) in [6.45, 7) is 0. The Morgan fingerprint density at radius 2 is 2.04 bits per heavy atom. The molecule has 4 nitrogen and oxygen atoms in total. The van der Waals surface area contributed by atoms with Gasteiger partial charge in [0.15, 0.2) is 16.8 Å². The summed E-state index contributed by atoms with van der Waals surface area (Å²) >= 11 is 4.94. The molecule has 0 aliphatic heterocycles. The zero-order chi connectivity index (χ0) is 16.4. The molecule has 0 amide bonds. The van der Waals surface area contributed by atoms with Crippen LogP contribution in [0.15, 0.2) is 40.2 Å². The highest BCUT2D eigenvalue weighted by molar-refractivity contribution is 7.99. The fourth-order valence-electron chi connectivity index (χ4n) is 2.57. The van der Waals surface area contributed by atoms with Crippen molar-refractivity contribution < 1.29 is 4.79 Å². The van der Waals surface area contributed by atoms with Crippen LogP contribution in [0.25, 0.3) is 10.7 Å². The van der Waals surface area contributed by atoms with Gasteiger partial charge in [0.25, 0.3) is 0 Å². The van der Waals surface area contributed by atoms with Crippen LogP contribution in [0.3, 0.4) is 0 Å². The van der Waals surface area contributed by atoms with Crippen molar-refractivity contribution in [3.63, 3.8) is 0 Å². The van der Waals surface area contributed by atoms with Gasteiger partial charge >= 0.3 is 0 Å². The van der Waals surface area contributed by atoms with E-state index in [0.29, 0.717) is 12.5 Å². The number of ketones is 1. The number of hydrogen-bond acceptors (Lipinski definition) is 6. The highest BCUT2D eigenvalue weighted by atomic mass is 32.2. The van der Waals surface area contributed by atoms with Crippen LogP contribution in [0.2, 0.25) is 0 Å². The molecule has 1 saturated carbocycles. The second-order valence-corrected chi connectivity index (χ2v) is 8.69. The van der Waals surface area contributed by atoms with Gasteiger partial charge in [0.05, 0.1) is 9.75 Å². The Balaban J connectivity index is 1.38. The third kappa shape index (κ3) is 3.48. The van der Waals surface area contributed by atoms with Gasteiger partial charge in [0.2, 0.25) is 0 Å². The van der Waals surface area contributed by atoms with Crippen LogP contribution >= 0.6 is 34.4 Å². The van der Waals surface area contributed by atoms with Crippen LogP contribution in [-0.2, 0) is 0 Å². The minimum atomic E-state index is 0.244. The van der Waals surface area contributed by atoms with Gasteiger partial charge in [-0.05, 0) is 42.2 Å². The Labute approximate surface area is 152 Å². The number of hydrogen-bond donors (Lipinski definition) is 0. The van der Waals surface area contributed by atoms with E-state index in [-0.39, 0.29) is 5.78 Å². The number of aromatic nitrogens is 3. The lowest BCUT2D eigenvalue weighted by molar-refractivity contribution is 0.0986. The normalized spacial score (nSPS) is 14.2. The van der Waals surface area contributed by atoms with Crippen LogP contribution in [0.4, 0.5) is 0 Å². The fraction of sp³-hybridized carbons (Fsp3) is 0.353. The molecule has 3 heterocycles. The van der Waals surface area contributed by atoms with Crippen molar-refractivity contribution in [1.82, 2.24) is 14.8 Å². The molecule has 0 bridgehead atoms. The Morgan fingerprint density at radius 1 is 1.21 bits per heavy atom. The highest BCUT2D eigenvalue weighted by Crippen LogP contribution is 2.41. The van der Waals surface area contributed by atoms with Crippen LogP contribution in [-0.4, -0.2) is 26.3 Å².